The first-order chi connectivity index (χ1) is 5.22. The standard InChI is InChI=1S/C10H21N/c1-8(9(2)11)10-6-4-3-5-7-10/h8-10H,3-7,11H2,1-2H3/t8-,9-/m1/s1. The Morgan fingerprint density at radius 3 is 2.09 bits per heavy atom. The molecule has 11 heavy (non-hydrogen) atoms. The van der Waals surface area contributed by atoms with E-state index >= 15 is 0 Å². The zero-order valence-corrected chi connectivity index (χ0v) is 7.84. The third-order valence-electron chi connectivity index (χ3n) is 3.22. The minimum atomic E-state index is 0.387. The molecule has 1 nitrogen and oxygen atoms in total. The number of rotatable bonds is 2. The van der Waals surface area contributed by atoms with E-state index in [0.717, 1.165) is 11.8 Å². The molecule has 0 spiro atoms. The lowest BCUT2D eigenvalue weighted by Gasteiger charge is -2.29. The molecule has 0 aliphatic heterocycles. The van der Waals surface area contributed by atoms with Gasteiger partial charge in [-0.15, -0.1) is 0 Å². The summed E-state index contributed by atoms with van der Waals surface area (Å²) in [7, 11) is 0. The van der Waals surface area contributed by atoms with Gasteiger partial charge in [-0.25, -0.2) is 0 Å². The van der Waals surface area contributed by atoms with E-state index in [1.807, 2.05) is 0 Å². The van der Waals surface area contributed by atoms with E-state index in [0.29, 0.717) is 6.04 Å². The molecule has 0 unspecified atom stereocenters. The fourth-order valence-corrected chi connectivity index (χ4v) is 2.09. The van der Waals surface area contributed by atoms with E-state index in [9.17, 15) is 0 Å². The number of hydrogen-bond acceptors (Lipinski definition) is 1. The third-order valence-corrected chi connectivity index (χ3v) is 3.22. The van der Waals surface area contributed by atoms with Crippen LogP contribution < -0.4 is 5.73 Å². The summed E-state index contributed by atoms with van der Waals surface area (Å²) in [5.41, 5.74) is 5.87. The van der Waals surface area contributed by atoms with Crippen LogP contribution >= 0.6 is 0 Å². The lowest BCUT2D eigenvalue weighted by atomic mass is 9.78. The van der Waals surface area contributed by atoms with Crippen molar-refractivity contribution in [3.63, 3.8) is 0 Å². The molecule has 0 aromatic heterocycles. The monoisotopic (exact) mass is 155 g/mol. The van der Waals surface area contributed by atoms with Gasteiger partial charge in [-0.05, 0) is 18.8 Å². The van der Waals surface area contributed by atoms with Gasteiger partial charge in [0.1, 0.15) is 0 Å². The van der Waals surface area contributed by atoms with E-state index in [2.05, 4.69) is 13.8 Å². The maximum atomic E-state index is 5.87. The van der Waals surface area contributed by atoms with Crippen molar-refractivity contribution in [3.05, 3.63) is 0 Å². The van der Waals surface area contributed by atoms with Gasteiger partial charge in [-0.2, -0.15) is 0 Å². The van der Waals surface area contributed by atoms with E-state index in [1.165, 1.54) is 32.1 Å². The van der Waals surface area contributed by atoms with Gasteiger partial charge in [0.05, 0.1) is 0 Å². The van der Waals surface area contributed by atoms with Crippen molar-refractivity contribution in [1.29, 1.82) is 0 Å². The van der Waals surface area contributed by atoms with Gasteiger partial charge in [0.2, 0.25) is 0 Å². The second-order valence-corrected chi connectivity index (χ2v) is 4.12. The molecule has 0 aromatic rings. The topological polar surface area (TPSA) is 26.0 Å². The van der Waals surface area contributed by atoms with Crippen molar-refractivity contribution in [2.24, 2.45) is 17.6 Å². The minimum absolute atomic E-state index is 0.387. The zero-order valence-electron chi connectivity index (χ0n) is 7.84. The maximum Gasteiger partial charge on any atom is 0.00387 e. The summed E-state index contributed by atoms with van der Waals surface area (Å²) < 4.78 is 0. The van der Waals surface area contributed by atoms with Gasteiger partial charge in [0.15, 0.2) is 0 Å². The van der Waals surface area contributed by atoms with E-state index in [4.69, 9.17) is 5.73 Å². The fraction of sp³-hybridized carbons (Fsp3) is 1.00. The van der Waals surface area contributed by atoms with Crippen LogP contribution in [0.3, 0.4) is 0 Å². The molecule has 0 bridgehead atoms. The van der Waals surface area contributed by atoms with Gasteiger partial charge in [-0.3, -0.25) is 0 Å². The first kappa shape index (κ1) is 9.05. The highest BCUT2D eigenvalue weighted by molar-refractivity contribution is 4.75. The molecule has 1 fully saturated rings. The molecule has 1 aliphatic rings. The second kappa shape index (κ2) is 4.10. The Bertz CT molecular complexity index is 103. The van der Waals surface area contributed by atoms with Crippen LogP contribution in [0.5, 0.6) is 0 Å². The van der Waals surface area contributed by atoms with Crippen LogP contribution in [0.4, 0.5) is 0 Å². The molecule has 1 heteroatoms. The molecule has 1 rings (SSSR count). The second-order valence-electron chi connectivity index (χ2n) is 4.12. The average molecular weight is 155 g/mol. The van der Waals surface area contributed by atoms with E-state index in [-0.39, 0.29) is 0 Å². The van der Waals surface area contributed by atoms with Gasteiger partial charge in [0, 0.05) is 6.04 Å². The molecule has 0 amide bonds. The quantitative estimate of drug-likeness (QED) is 0.651. The summed E-state index contributed by atoms with van der Waals surface area (Å²) in [6.07, 6.45) is 7.15. The zero-order chi connectivity index (χ0) is 8.27. The molecular weight excluding hydrogens is 134 g/mol. The van der Waals surface area contributed by atoms with Crippen molar-refractivity contribution >= 4 is 0 Å². The van der Waals surface area contributed by atoms with Crippen LogP contribution in [0.25, 0.3) is 0 Å². The van der Waals surface area contributed by atoms with Gasteiger partial charge in [0.25, 0.3) is 0 Å². The molecule has 1 aliphatic carbocycles. The van der Waals surface area contributed by atoms with Crippen molar-refractivity contribution < 1.29 is 0 Å². The molecule has 1 saturated carbocycles. The highest BCUT2D eigenvalue weighted by atomic mass is 14.6. The van der Waals surface area contributed by atoms with Crippen molar-refractivity contribution in [3.8, 4) is 0 Å². The van der Waals surface area contributed by atoms with E-state index in [1.54, 1.807) is 0 Å². The summed E-state index contributed by atoms with van der Waals surface area (Å²) in [6, 6.07) is 0.387. The lowest BCUT2D eigenvalue weighted by molar-refractivity contribution is 0.239. The first-order valence-electron chi connectivity index (χ1n) is 4.97. The van der Waals surface area contributed by atoms with Crippen molar-refractivity contribution in [2.75, 3.05) is 0 Å². The predicted octanol–water partition coefficient (Wildman–Crippen LogP) is 2.55. The van der Waals surface area contributed by atoms with Gasteiger partial charge in [-0.1, -0.05) is 39.0 Å². The molecule has 0 radical (unpaired) electrons. The Hall–Kier alpha value is -0.0400. The van der Waals surface area contributed by atoms with Crippen LogP contribution in [0.15, 0.2) is 0 Å². The highest BCUT2D eigenvalue weighted by Gasteiger charge is 2.21. The fourth-order valence-electron chi connectivity index (χ4n) is 2.09. The van der Waals surface area contributed by atoms with Crippen molar-refractivity contribution in [2.45, 2.75) is 52.0 Å². The summed E-state index contributed by atoms with van der Waals surface area (Å²) in [6.45, 7) is 4.44. The van der Waals surface area contributed by atoms with Gasteiger partial charge < -0.3 is 5.73 Å². The summed E-state index contributed by atoms with van der Waals surface area (Å²) >= 11 is 0. The van der Waals surface area contributed by atoms with Gasteiger partial charge >= 0.3 is 0 Å². The highest BCUT2D eigenvalue weighted by Crippen LogP contribution is 2.30. The van der Waals surface area contributed by atoms with Crippen LogP contribution in [-0.2, 0) is 0 Å². The molecule has 66 valence electrons. The summed E-state index contributed by atoms with van der Waals surface area (Å²) in [5, 5.41) is 0. The van der Waals surface area contributed by atoms with Crippen LogP contribution in [0.1, 0.15) is 46.0 Å². The SMILES string of the molecule is C[C@@H](N)[C@@H](C)C1CCCCC1. The largest absolute Gasteiger partial charge is 0.328 e. The number of hydrogen-bond donors (Lipinski definition) is 1. The minimum Gasteiger partial charge on any atom is -0.328 e. The number of nitrogens with two attached hydrogens (primary N) is 1. The molecule has 2 N–H and O–H groups in total. The Labute approximate surface area is 70.4 Å². The molecule has 0 saturated heterocycles. The maximum absolute atomic E-state index is 5.87. The molecule has 0 heterocycles. The summed E-state index contributed by atoms with van der Waals surface area (Å²) in [5.74, 6) is 1.65. The Kier molecular flexibility index (Phi) is 3.38. The Morgan fingerprint density at radius 1 is 1.09 bits per heavy atom. The van der Waals surface area contributed by atoms with Crippen LogP contribution in [-0.4, -0.2) is 6.04 Å². The van der Waals surface area contributed by atoms with Crippen molar-refractivity contribution in [1.82, 2.24) is 0 Å². The third kappa shape index (κ3) is 2.48. The predicted molar refractivity (Wildman–Crippen MR) is 49.4 cm³/mol. The smallest absolute Gasteiger partial charge is 0.00387 e. The Balaban J connectivity index is 2.32. The summed E-state index contributed by atoms with van der Waals surface area (Å²) in [4.78, 5) is 0. The van der Waals surface area contributed by atoms with Crippen LogP contribution in [0.2, 0.25) is 0 Å². The molecular formula is C10H21N. The molecule has 2 atom stereocenters. The first-order valence-corrected chi connectivity index (χ1v) is 4.97. The average Bonchev–Trinajstić information content (AvgIpc) is 2.05. The normalized spacial score (nSPS) is 26.5. The molecule has 0 aromatic carbocycles. The van der Waals surface area contributed by atoms with Crippen LogP contribution in [0, 0.1) is 11.8 Å². The Morgan fingerprint density at radius 2 is 1.64 bits per heavy atom. The van der Waals surface area contributed by atoms with E-state index < -0.39 is 0 Å². The lowest BCUT2D eigenvalue weighted by Crippen LogP contribution is -2.31.